The quantitative estimate of drug-likeness (QED) is 0.826. The Morgan fingerprint density at radius 1 is 1.27 bits per heavy atom. The van der Waals surface area contributed by atoms with Crippen LogP contribution in [0.3, 0.4) is 0 Å². The van der Waals surface area contributed by atoms with Crippen LogP contribution in [0.4, 0.5) is 5.69 Å². The van der Waals surface area contributed by atoms with E-state index in [-0.39, 0.29) is 0 Å². The highest BCUT2D eigenvalue weighted by atomic mass is 35.5. The molecule has 1 N–H and O–H groups in total. The Hall–Kier alpha value is -0.930. The summed E-state index contributed by atoms with van der Waals surface area (Å²) in [6.07, 6.45) is 0.838. The van der Waals surface area contributed by atoms with Gasteiger partial charge in [-0.05, 0) is 17.7 Å². The molecule has 0 fully saturated rings. The first-order valence-corrected chi connectivity index (χ1v) is 5.41. The topological polar surface area (TPSA) is 27.6 Å². The lowest BCUT2D eigenvalue weighted by Crippen LogP contribution is -2.20. The second kappa shape index (κ2) is 4.73. The average molecular weight is 244 g/mol. The van der Waals surface area contributed by atoms with Gasteiger partial charge in [-0.1, -0.05) is 12.1 Å². The first-order chi connectivity index (χ1) is 7.25. The molecule has 1 aliphatic heterocycles. The van der Waals surface area contributed by atoms with Gasteiger partial charge in [0.1, 0.15) is 5.84 Å². The molecule has 3 nitrogen and oxygen atoms in total. The largest absolute Gasteiger partial charge is 0.372 e. The lowest BCUT2D eigenvalue weighted by molar-refractivity contribution is 0.953. The molecule has 0 amide bonds. The van der Waals surface area contributed by atoms with Gasteiger partial charge in [0.2, 0.25) is 0 Å². The fourth-order valence-electron chi connectivity index (χ4n) is 1.49. The molecule has 0 unspecified atom stereocenters. The molecule has 1 aromatic carbocycles. The van der Waals surface area contributed by atoms with E-state index in [0.717, 1.165) is 35.0 Å². The van der Waals surface area contributed by atoms with E-state index in [1.54, 1.807) is 0 Å². The molecule has 0 spiro atoms. The molecule has 0 bridgehead atoms. The second-order valence-electron chi connectivity index (χ2n) is 3.33. The van der Waals surface area contributed by atoms with E-state index in [2.05, 4.69) is 10.3 Å². The van der Waals surface area contributed by atoms with E-state index >= 15 is 0 Å². The summed E-state index contributed by atoms with van der Waals surface area (Å²) in [7, 11) is 0. The summed E-state index contributed by atoms with van der Waals surface area (Å²) in [4.78, 5) is 4.33. The molecule has 1 aromatic rings. The predicted molar refractivity (Wildman–Crippen MR) is 64.6 cm³/mol. The Balaban J connectivity index is 2.03. The van der Waals surface area contributed by atoms with Crippen molar-refractivity contribution < 1.29 is 0 Å². The lowest BCUT2D eigenvalue weighted by Gasteiger charge is -2.07. The van der Waals surface area contributed by atoms with Crippen LogP contribution in [0, 0.1) is 0 Å². The maximum absolute atomic E-state index is 5.59. The summed E-state index contributed by atoms with van der Waals surface area (Å²) < 4.78 is 1.05. The van der Waals surface area contributed by atoms with Crippen LogP contribution in [-0.4, -0.2) is 18.9 Å². The molecule has 0 aliphatic carbocycles. The van der Waals surface area contributed by atoms with Gasteiger partial charge in [-0.15, -0.1) is 0 Å². The zero-order valence-electron chi connectivity index (χ0n) is 8.08. The van der Waals surface area contributed by atoms with Crippen molar-refractivity contribution in [2.45, 2.75) is 6.42 Å². The van der Waals surface area contributed by atoms with Crippen LogP contribution in [0.25, 0.3) is 0 Å². The first kappa shape index (κ1) is 10.6. The van der Waals surface area contributed by atoms with E-state index < -0.39 is 0 Å². The van der Waals surface area contributed by atoms with Crippen LogP contribution in [0.15, 0.2) is 29.3 Å². The van der Waals surface area contributed by atoms with E-state index in [1.807, 2.05) is 24.3 Å². The fourth-order valence-corrected chi connectivity index (χ4v) is 1.71. The van der Waals surface area contributed by atoms with Crippen molar-refractivity contribution >= 4 is 35.1 Å². The summed E-state index contributed by atoms with van der Waals surface area (Å²) in [6, 6.07) is 7.75. The Kier molecular flexibility index (Phi) is 3.34. The summed E-state index contributed by atoms with van der Waals surface area (Å²) >= 11 is 11.2. The van der Waals surface area contributed by atoms with Crippen molar-refractivity contribution in [2.75, 3.05) is 17.0 Å². The molecule has 0 saturated carbocycles. The van der Waals surface area contributed by atoms with Crippen molar-refractivity contribution in [1.29, 1.82) is 0 Å². The fraction of sp³-hybridized carbons (Fsp3) is 0.300. The third-order valence-electron chi connectivity index (χ3n) is 2.25. The number of nitrogens with zero attached hydrogens (tertiary/aromatic N) is 2. The number of hydrogen-bond acceptors (Lipinski definition) is 3. The highest BCUT2D eigenvalue weighted by Gasteiger charge is 2.06. The van der Waals surface area contributed by atoms with Gasteiger partial charge >= 0.3 is 0 Å². The third kappa shape index (κ3) is 2.76. The Morgan fingerprint density at radius 2 is 2.00 bits per heavy atom. The van der Waals surface area contributed by atoms with Gasteiger partial charge in [-0.3, -0.25) is 4.99 Å². The number of nitrogens with one attached hydrogen (secondary N) is 1. The predicted octanol–water partition coefficient (Wildman–Crippen LogP) is 2.34. The van der Waals surface area contributed by atoms with Crippen molar-refractivity contribution in [3.63, 3.8) is 0 Å². The van der Waals surface area contributed by atoms with E-state index in [0.29, 0.717) is 0 Å². The number of benzene rings is 1. The van der Waals surface area contributed by atoms with Crippen LogP contribution in [0.2, 0.25) is 0 Å². The SMILES string of the molecule is ClN(Cl)c1ccc(CC2=NCCN2)cc1. The van der Waals surface area contributed by atoms with Gasteiger partial charge in [0, 0.05) is 36.5 Å². The number of anilines is 1. The zero-order chi connectivity index (χ0) is 10.7. The Labute approximate surface area is 98.9 Å². The number of rotatable bonds is 3. The van der Waals surface area contributed by atoms with E-state index in [4.69, 9.17) is 23.6 Å². The summed E-state index contributed by atoms with van der Waals surface area (Å²) in [5.41, 5.74) is 1.96. The molecular formula is C10H11Cl2N3. The van der Waals surface area contributed by atoms with Crippen molar-refractivity contribution in [1.82, 2.24) is 5.32 Å². The maximum atomic E-state index is 5.59. The molecule has 15 heavy (non-hydrogen) atoms. The first-order valence-electron chi connectivity index (χ1n) is 4.73. The highest BCUT2D eigenvalue weighted by molar-refractivity contribution is 6.49. The van der Waals surface area contributed by atoms with E-state index in [1.165, 1.54) is 5.56 Å². The highest BCUT2D eigenvalue weighted by Crippen LogP contribution is 2.19. The van der Waals surface area contributed by atoms with Gasteiger partial charge in [-0.2, -0.15) is 3.94 Å². The molecule has 0 radical (unpaired) electrons. The van der Waals surface area contributed by atoms with Gasteiger partial charge < -0.3 is 5.32 Å². The summed E-state index contributed by atoms with van der Waals surface area (Å²) in [6.45, 7) is 1.83. The number of amidine groups is 1. The number of aliphatic imine (C=N–C) groups is 1. The van der Waals surface area contributed by atoms with Crippen LogP contribution in [-0.2, 0) is 6.42 Å². The van der Waals surface area contributed by atoms with Crippen LogP contribution >= 0.6 is 23.6 Å². The molecule has 1 aliphatic rings. The molecule has 0 atom stereocenters. The number of hydrogen-bond donors (Lipinski definition) is 1. The minimum atomic E-state index is 0.767. The van der Waals surface area contributed by atoms with Crippen LogP contribution in [0.5, 0.6) is 0 Å². The minimum absolute atomic E-state index is 0.767. The zero-order valence-corrected chi connectivity index (χ0v) is 9.59. The number of halogens is 2. The van der Waals surface area contributed by atoms with Gasteiger partial charge in [0.15, 0.2) is 0 Å². The standard InChI is InChI=1S/C10H11Cl2N3/c11-15(12)9-3-1-8(2-4-9)7-10-13-5-6-14-10/h1-4H,5-7H2,(H,13,14). The van der Waals surface area contributed by atoms with Gasteiger partial charge in [0.25, 0.3) is 0 Å². The molecule has 1 heterocycles. The molecule has 0 aromatic heterocycles. The van der Waals surface area contributed by atoms with Crippen LogP contribution in [0.1, 0.15) is 5.56 Å². The second-order valence-corrected chi connectivity index (χ2v) is 4.18. The van der Waals surface area contributed by atoms with Gasteiger partial charge in [-0.25, -0.2) is 0 Å². The minimum Gasteiger partial charge on any atom is -0.372 e. The molecule has 2 rings (SSSR count). The molecular weight excluding hydrogens is 233 g/mol. The van der Waals surface area contributed by atoms with E-state index in [9.17, 15) is 0 Å². The van der Waals surface area contributed by atoms with Crippen molar-refractivity contribution in [3.8, 4) is 0 Å². The van der Waals surface area contributed by atoms with Gasteiger partial charge in [0.05, 0.1) is 12.2 Å². The average Bonchev–Trinajstić information content (AvgIpc) is 2.71. The normalized spacial score (nSPS) is 14.7. The maximum Gasteiger partial charge on any atom is 0.101 e. The van der Waals surface area contributed by atoms with Crippen LogP contribution < -0.4 is 9.25 Å². The van der Waals surface area contributed by atoms with Crippen molar-refractivity contribution in [2.24, 2.45) is 4.99 Å². The smallest absolute Gasteiger partial charge is 0.101 e. The monoisotopic (exact) mass is 243 g/mol. The molecule has 80 valence electrons. The summed E-state index contributed by atoms with van der Waals surface area (Å²) in [5, 5.41) is 3.23. The summed E-state index contributed by atoms with van der Waals surface area (Å²) in [5.74, 6) is 1.05. The Bertz CT molecular complexity index is 359. The Morgan fingerprint density at radius 3 is 2.53 bits per heavy atom. The molecule has 5 heteroatoms. The third-order valence-corrected chi connectivity index (χ3v) is 2.64. The molecule has 0 saturated heterocycles. The lowest BCUT2D eigenvalue weighted by atomic mass is 10.1. The van der Waals surface area contributed by atoms with Crippen molar-refractivity contribution in [3.05, 3.63) is 29.8 Å².